The van der Waals surface area contributed by atoms with Crippen molar-refractivity contribution in [2.45, 2.75) is 37.4 Å². The highest BCUT2D eigenvalue weighted by molar-refractivity contribution is 5.76. The number of rotatable bonds is 9. The Kier molecular flexibility index (Phi) is 7.73. The topological polar surface area (TPSA) is 100 Å². The second kappa shape index (κ2) is 9.79. The summed E-state index contributed by atoms with van der Waals surface area (Å²) in [5.74, 6) is -0.568. The molecule has 25 heavy (non-hydrogen) atoms. The first-order chi connectivity index (χ1) is 12.0. The lowest BCUT2D eigenvalue weighted by Crippen LogP contribution is -2.38. The molecule has 1 saturated heterocycles. The zero-order valence-electron chi connectivity index (χ0n) is 14.2. The number of aliphatic hydroxyl groups is 2. The van der Waals surface area contributed by atoms with Crippen LogP contribution in [-0.4, -0.2) is 67.3 Å². The van der Waals surface area contributed by atoms with E-state index in [0.717, 1.165) is 5.56 Å². The number of carbonyl (C=O) groups excluding carboxylic acids is 1. The van der Waals surface area contributed by atoms with Crippen molar-refractivity contribution in [1.29, 1.82) is 0 Å². The molecular formula is C17H25FN2O5. The summed E-state index contributed by atoms with van der Waals surface area (Å²) >= 11 is 0. The van der Waals surface area contributed by atoms with Gasteiger partial charge in [-0.2, -0.15) is 0 Å². The second-order valence-corrected chi connectivity index (χ2v) is 6.00. The van der Waals surface area contributed by atoms with Gasteiger partial charge in [0.1, 0.15) is 18.0 Å². The van der Waals surface area contributed by atoms with E-state index in [1.165, 1.54) is 19.2 Å². The Labute approximate surface area is 146 Å². The van der Waals surface area contributed by atoms with Crippen molar-refractivity contribution in [3.05, 3.63) is 35.6 Å². The van der Waals surface area contributed by atoms with Crippen LogP contribution in [0.5, 0.6) is 0 Å². The van der Waals surface area contributed by atoms with Gasteiger partial charge in [-0.3, -0.25) is 4.79 Å². The van der Waals surface area contributed by atoms with Crippen molar-refractivity contribution in [2.75, 3.05) is 26.8 Å². The summed E-state index contributed by atoms with van der Waals surface area (Å²) in [6, 6.07) is 6.08. The van der Waals surface area contributed by atoms with E-state index in [2.05, 4.69) is 10.6 Å². The smallest absolute Gasteiger partial charge is 0.222 e. The maximum absolute atomic E-state index is 12.9. The van der Waals surface area contributed by atoms with Gasteiger partial charge in [-0.05, 0) is 17.7 Å². The number of amides is 1. The maximum Gasteiger partial charge on any atom is 0.222 e. The molecule has 0 saturated carbocycles. The molecule has 0 aromatic heterocycles. The van der Waals surface area contributed by atoms with Crippen molar-refractivity contribution in [1.82, 2.24) is 10.6 Å². The molecule has 1 aromatic carbocycles. The molecule has 4 N–H and O–H groups in total. The van der Waals surface area contributed by atoms with Crippen molar-refractivity contribution in [3.63, 3.8) is 0 Å². The summed E-state index contributed by atoms with van der Waals surface area (Å²) in [6.07, 6.45) is -3.60. The molecule has 2 rings (SSSR count). The van der Waals surface area contributed by atoms with E-state index >= 15 is 0 Å². The third-order valence-electron chi connectivity index (χ3n) is 4.06. The van der Waals surface area contributed by atoms with Gasteiger partial charge in [0.2, 0.25) is 5.91 Å². The number of aliphatic hydroxyl groups excluding tert-OH is 2. The molecule has 8 heteroatoms. The second-order valence-electron chi connectivity index (χ2n) is 6.00. The summed E-state index contributed by atoms with van der Waals surface area (Å²) in [6.45, 7) is 1.56. The number of hydrogen-bond acceptors (Lipinski definition) is 6. The summed E-state index contributed by atoms with van der Waals surface area (Å²) in [4.78, 5) is 11.8. The predicted octanol–water partition coefficient (Wildman–Crippen LogP) is -0.443. The van der Waals surface area contributed by atoms with Crippen LogP contribution in [0.4, 0.5) is 4.39 Å². The maximum atomic E-state index is 12.9. The Bertz CT molecular complexity index is 542. The van der Waals surface area contributed by atoms with Gasteiger partial charge in [-0.1, -0.05) is 12.1 Å². The molecule has 1 aromatic rings. The normalized spacial score (nSPS) is 25.9. The quantitative estimate of drug-likeness (QED) is 0.448. The van der Waals surface area contributed by atoms with Gasteiger partial charge < -0.3 is 30.3 Å². The van der Waals surface area contributed by atoms with Crippen LogP contribution in [0.1, 0.15) is 12.0 Å². The van der Waals surface area contributed by atoms with Crippen LogP contribution < -0.4 is 10.6 Å². The van der Waals surface area contributed by atoms with Gasteiger partial charge in [0.15, 0.2) is 0 Å². The van der Waals surface area contributed by atoms with Crippen LogP contribution in [0.25, 0.3) is 0 Å². The van der Waals surface area contributed by atoms with E-state index in [0.29, 0.717) is 26.2 Å². The number of ether oxygens (including phenoxy) is 2. The van der Waals surface area contributed by atoms with Gasteiger partial charge in [0.05, 0.1) is 25.2 Å². The standard InChI is InChI=1S/C17H25FN2O5/c1-24-7-6-20-15(21)8-13-16(22)17(23)14(25-13)10-19-9-11-2-4-12(18)5-3-11/h2-5,13-14,16-17,19,22-23H,6-10H2,1H3,(H,20,21)/t13-,14+,16-,17+/m0/s1. The van der Waals surface area contributed by atoms with E-state index in [-0.39, 0.29) is 18.1 Å². The molecule has 1 heterocycles. The lowest BCUT2D eigenvalue weighted by atomic mass is 10.1. The highest BCUT2D eigenvalue weighted by Crippen LogP contribution is 2.23. The average Bonchev–Trinajstić information content (AvgIpc) is 2.85. The Balaban J connectivity index is 1.74. The Morgan fingerprint density at radius 2 is 1.92 bits per heavy atom. The molecule has 0 unspecified atom stereocenters. The van der Waals surface area contributed by atoms with Crippen LogP contribution in [0.15, 0.2) is 24.3 Å². The molecule has 0 aliphatic carbocycles. The first-order valence-corrected chi connectivity index (χ1v) is 8.23. The van der Waals surface area contributed by atoms with E-state index in [1.54, 1.807) is 12.1 Å². The Morgan fingerprint density at radius 3 is 2.60 bits per heavy atom. The predicted molar refractivity (Wildman–Crippen MR) is 88.3 cm³/mol. The number of nitrogens with one attached hydrogen (secondary N) is 2. The fraction of sp³-hybridized carbons (Fsp3) is 0.588. The Morgan fingerprint density at radius 1 is 1.24 bits per heavy atom. The Hall–Kier alpha value is -1.58. The van der Waals surface area contributed by atoms with E-state index in [4.69, 9.17) is 9.47 Å². The van der Waals surface area contributed by atoms with Crippen molar-refractivity contribution < 1.29 is 28.9 Å². The van der Waals surface area contributed by atoms with Crippen LogP contribution >= 0.6 is 0 Å². The minimum absolute atomic E-state index is 0.0313. The highest BCUT2D eigenvalue weighted by Gasteiger charge is 2.42. The van der Waals surface area contributed by atoms with E-state index in [9.17, 15) is 19.4 Å². The van der Waals surface area contributed by atoms with Gasteiger partial charge in [0.25, 0.3) is 0 Å². The number of halogens is 1. The molecule has 0 bridgehead atoms. The zero-order chi connectivity index (χ0) is 18.2. The molecule has 0 radical (unpaired) electrons. The number of hydrogen-bond donors (Lipinski definition) is 4. The summed E-state index contributed by atoms with van der Waals surface area (Å²) in [5.41, 5.74) is 0.892. The minimum Gasteiger partial charge on any atom is -0.388 e. The lowest BCUT2D eigenvalue weighted by molar-refractivity contribution is -0.125. The lowest BCUT2D eigenvalue weighted by Gasteiger charge is -2.15. The molecule has 0 spiro atoms. The first kappa shape index (κ1) is 19.7. The zero-order valence-corrected chi connectivity index (χ0v) is 14.2. The summed E-state index contributed by atoms with van der Waals surface area (Å²) in [7, 11) is 1.54. The van der Waals surface area contributed by atoms with Crippen molar-refractivity contribution in [3.8, 4) is 0 Å². The van der Waals surface area contributed by atoms with Gasteiger partial charge in [0, 0.05) is 26.7 Å². The number of methoxy groups -OCH3 is 1. The van der Waals surface area contributed by atoms with Crippen LogP contribution in [0.3, 0.4) is 0 Å². The van der Waals surface area contributed by atoms with Crippen LogP contribution in [0.2, 0.25) is 0 Å². The van der Waals surface area contributed by atoms with E-state index < -0.39 is 24.4 Å². The van der Waals surface area contributed by atoms with Crippen molar-refractivity contribution >= 4 is 5.91 Å². The third kappa shape index (κ3) is 6.02. The fourth-order valence-corrected chi connectivity index (χ4v) is 2.67. The molecule has 1 amide bonds. The molecular weight excluding hydrogens is 331 g/mol. The van der Waals surface area contributed by atoms with Crippen LogP contribution in [-0.2, 0) is 20.8 Å². The first-order valence-electron chi connectivity index (χ1n) is 8.23. The van der Waals surface area contributed by atoms with Gasteiger partial charge in [-0.25, -0.2) is 4.39 Å². The summed E-state index contributed by atoms with van der Waals surface area (Å²) < 4.78 is 23.3. The SMILES string of the molecule is COCCNC(=O)C[C@@H]1O[C@H](CNCc2ccc(F)cc2)[C@@H](O)[C@H]1O. The van der Waals surface area contributed by atoms with E-state index in [1.807, 2.05) is 0 Å². The number of benzene rings is 1. The van der Waals surface area contributed by atoms with Gasteiger partial charge in [-0.15, -0.1) is 0 Å². The monoisotopic (exact) mass is 356 g/mol. The van der Waals surface area contributed by atoms with Crippen molar-refractivity contribution in [2.24, 2.45) is 0 Å². The minimum atomic E-state index is -1.12. The molecule has 140 valence electrons. The average molecular weight is 356 g/mol. The molecule has 1 aliphatic rings. The van der Waals surface area contributed by atoms with Crippen LogP contribution in [0, 0.1) is 5.82 Å². The van der Waals surface area contributed by atoms with Gasteiger partial charge >= 0.3 is 0 Å². The molecule has 1 aliphatic heterocycles. The highest BCUT2D eigenvalue weighted by atomic mass is 19.1. The largest absolute Gasteiger partial charge is 0.388 e. The fourth-order valence-electron chi connectivity index (χ4n) is 2.67. The molecule has 1 fully saturated rings. The number of carbonyl (C=O) groups is 1. The molecule has 4 atom stereocenters. The molecule has 7 nitrogen and oxygen atoms in total. The third-order valence-corrected chi connectivity index (χ3v) is 4.06. The summed E-state index contributed by atoms with van der Waals surface area (Å²) in [5, 5.41) is 25.9.